The number of fused-ring (bicyclic) bond motifs is 1. The molecule has 0 amide bonds. The molecule has 0 radical (unpaired) electrons. The van der Waals surface area contributed by atoms with Crippen LogP contribution in [0, 0.1) is 0 Å². The molecule has 0 bridgehead atoms. The van der Waals surface area contributed by atoms with E-state index in [1.165, 1.54) is 10.9 Å². The maximum absolute atomic E-state index is 10.2. The van der Waals surface area contributed by atoms with Crippen LogP contribution in [0.25, 0.3) is 10.9 Å². The summed E-state index contributed by atoms with van der Waals surface area (Å²) in [5, 5.41) is 22.5. The molecule has 0 aliphatic rings. The number of nitrogens with zero attached hydrogens (tertiary/aromatic N) is 2. The maximum Gasteiger partial charge on any atom is 0.185 e. The molecule has 0 aliphatic heterocycles. The van der Waals surface area contributed by atoms with Crippen molar-refractivity contribution in [1.82, 2.24) is 15.5 Å². The predicted octanol–water partition coefficient (Wildman–Crippen LogP) is 3.63. The van der Waals surface area contributed by atoms with E-state index in [-0.39, 0.29) is 12.1 Å². The molecule has 0 saturated heterocycles. The van der Waals surface area contributed by atoms with E-state index in [0.29, 0.717) is 22.6 Å². The van der Waals surface area contributed by atoms with Crippen LogP contribution in [0.2, 0.25) is 0 Å². The molecule has 150 valence electrons. The number of aliphatic hydroxyl groups excluding tert-OH is 1. The first-order valence-corrected chi connectivity index (χ1v) is 9.90. The summed E-state index contributed by atoms with van der Waals surface area (Å²) in [6.45, 7) is 6.47. The minimum absolute atomic E-state index is 0.0861. The molecular weight excluding hydrogens is 424 g/mol. The third-order valence-corrected chi connectivity index (χ3v) is 4.80. The fourth-order valence-corrected chi connectivity index (χ4v) is 3.24. The number of nitrogens with one attached hydrogen (secondary N) is 2. The Hall–Kier alpha value is -2.16. The van der Waals surface area contributed by atoms with Crippen molar-refractivity contribution in [2.45, 2.75) is 38.8 Å². The van der Waals surface area contributed by atoms with Gasteiger partial charge in [0.25, 0.3) is 0 Å². The van der Waals surface area contributed by atoms with Gasteiger partial charge < -0.3 is 24.8 Å². The molecular formula is C20H25BrN4O3. The first-order valence-electron chi connectivity index (χ1n) is 9.11. The topological polar surface area (TPSA) is 95.7 Å². The molecule has 3 rings (SSSR count). The van der Waals surface area contributed by atoms with Gasteiger partial charge in [0.2, 0.25) is 0 Å². The highest BCUT2D eigenvalue weighted by Gasteiger charge is 2.21. The highest BCUT2D eigenvalue weighted by atomic mass is 79.9. The van der Waals surface area contributed by atoms with Crippen LogP contribution in [-0.2, 0) is 11.3 Å². The molecule has 0 spiro atoms. The molecule has 8 heteroatoms. The van der Waals surface area contributed by atoms with Crippen LogP contribution in [0.4, 0.5) is 0 Å². The summed E-state index contributed by atoms with van der Waals surface area (Å²) in [4.78, 5) is 8.54. The molecule has 0 fully saturated rings. The lowest BCUT2D eigenvalue weighted by Crippen LogP contribution is -2.45. The monoisotopic (exact) mass is 448 g/mol. The molecule has 1 aromatic carbocycles. The van der Waals surface area contributed by atoms with Crippen LogP contribution in [-0.4, -0.2) is 45.8 Å². The molecule has 2 heterocycles. The number of oxime groups is 1. The SMILES string of the molecule is C/C(=N\OCC(O)CNC(C)(C)Cc1c[nH]c2ccccc12)c1cc(Br)no1. The van der Waals surface area contributed by atoms with Gasteiger partial charge in [0.15, 0.2) is 5.76 Å². The standard InChI is InChI=1S/C20H25BrN4O3/c1-13(18-8-19(21)25-28-18)24-27-12-15(26)11-23-20(2,3)9-14-10-22-17-7-5-4-6-16(14)17/h4-8,10,15,22-23,26H,9,11-12H2,1-3H3/b24-13+. The summed E-state index contributed by atoms with van der Waals surface area (Å²) in [5.74, 6) is 0.513. The largest absolute Gasteiger partial charge is 0.393 e. The minimum atomic E-state index is -0.680. The van der Waals surface area contributed by atoms with Gasteiger partial charge in [-0.15, -0.1) is 0 Å². The van der Waals surface area contributed by atoms with E-state index in [9.17, 15) is 5.11 Å². The number of β-amino-alcohol motifs (C(OH)–C–C–N with tert-alkyl or cyclic N) is 1. The van der Waals surface area contributed by atoms with Crippen LogP contribution in [0.15, 0.2) is 50.8 Å². The van der Waals surface area contributed by atoms with Crippen LogP contribution < -0.4 is 5.32 Å². The Morgan fingerprint density at radius 3 is 2.96 bits per heavy atom. The van der Waals surface area contributed by atoms with Crippen molar-refractivity contribution in [2.75, 3.05) is 13.2 Å². The number of rotatable bonds is 9. The van der Waals surface area contributed by atoms with Gasteiger partial charge in [0.05, 0.1) is 0 Å². The number of benzene rings is 1. The van der Waals surface area contributed by atoms with E-state index in [0.717, 1.165) is 11.9 Å². The fourth-order valence-electron chi connectivity index (χ4n) is 2.96. The Bertz CT molecular complexity index is 948. The van der Waals surface area contributed by atoms with Gasteiger partial charge in [-0.1, -0.05) is 28.5 Å². The minimum Gasteiger partial charge on any atom is -0.393 e. The van der Waals surface area contributed by atoms with Gasteiger partial charge in [-0.25, -0.2) is 0 Å². The summed E-state index contributed by atoms with van der Waals surface area (Å²) in [6.07, 6.45) is 2.20. The third-order valence-electron chi connectivity index (χ3n) is 4.43. The fraction of sp³-hybridized carbons (Fsp3) is 0.400. The Labute approximate surface area is 172 Å². The molecule has 0 aliphatic carbocycles. The highest BCUT2D eigenvalue weighted by Crippen LogP contribution is 2.22. The number of aromatic amines is 1. The van der Waals surface area contributed by atoms with Crippen molar-refractivity contribution < 1.29 is 14.5 Å². The third kappa shape index (κ3) is 5.43. The quantitative estimate of drug-likeness (QED) is 0.343. The van der Waals surface area contributed by atoms with E-state index < -0.39 is 6.10 Å². The Morgan fingerprint density at radius 1 is 1.43 bits per heavy atom. The van der Waals surface area contributed by atoms with Gasteiger partial charge in [-0.05, 0) is 54.8 Å². The van der Waals surface area contributed by atoms with Gasteiger partial charge in [0.1, 0.15) is 23.0 Å². The predicted molar refractivity (Wildman–Crippen MR) is 112 cm³/mol. The van der Waals surface area contributed by atoms with Crippen LogP contribution in [0.5, 0.6) is 0 Å². The van der Waals surface area contributed by atoms with E-state index in [1.807, 2.05) is 18.3 Å². The number of H-pyrrole nitrogens is 1. The summed E-state index contributed by atoms with van der Waals surface area (Å²) >= 11 is 3.21. The molecule has 2 aromatic heterocycles. The molecule has 1 atom stereocenters. The summed E-state index contributed by atoms with van der Waals surface area (Å²) < 4.78 is 5.67. The number of aliphatic hydroxyl groups is 1. The van der Waals surface area contributed by atoms with Crippen LogP contribution in [0.3, 0.4) is 0 Å². The molecule has 28 heavy (non-hydrogen) atoms. The van der Waals surface area contributed by atoms with Gasteiger partial charge in [-0.3, -0.25) is 0 Å². The van der Waals surface area contributed by atoms with E-state index in [1.54, 1.807) is 13.0 Å². The van der Waals surface area contributed by atoms with Crippen molar-refractivity contribution in [3.63, 3.8) is 0 Å². The van der Waals surface area contributed by atoms with Crippen molar-refractivity contribution in [3.05, 3.63) is 52.5 Å². The average molecular weight is 449 g/mol. The van der Waals surface area contributed by atoms with E-state index in [4.69, 9.17) is 9.36 Å². The molecule has 3 aromatic rings. The zero-order chi connectivity index (χ0) is 20.1. The van der Waals surface area contributed by atoms with Gasteiger partial charge in [-0.2, -0.15) is 0 Å². The number of para-hydroxylation sites is 1. The van der Waals surface area contributed by atoms with Crippen molar-refractivity contribution >= 4 is 32.5 Å². The summed E-state index contributed by atoms with van der Waals surface area (Å²) in [5.41, 5.74) is 2.75. The second kappa shape index (κ2) is 8.89. The number of hydrogen-bond donors (Lipinski definition) is 3. The van der Waals surface area contributed by atoms with Gasteiger partial charge >= 0.3 is 0 Å². The smallest absolute Gasteiger partial charge is 0.185 e. The Balaban J connectivity index is 1.47. The van der Waals surface area contributed by atoms with Crippen LogP contribution in [0.1, 0.15) is 32.1 Å². The number of hydrogen-bond acceptors (Lipinski definition) is 6. The number of halogens is 1. The van der Waals surface area contributed by atoms with Gasteiger partial charge in [0, 0.05) is 35.2 Å². The zero-order valence-electron chi connectivity index (χ0n) is 16.2. The molecule has 0 saturated carbocycles. The van der Waals surface area contributed by atoms with Crippen molar-refractivity contribution in [3.8, 4) is 0 Å². The molecule has 1 unspecified atom stereocenters. The Kier molecular flexibility index (Phi) is 6.53. The van der Waals surface area contributed by atoms with Crippen molar-refractivity contribution in [1.29, 1.82) is 0 Å². The summed E-state index contributed by atoms with van der Waals surface area (Å²) in [6, 6.07) is 9.95. The van der Waals surface area contributed by atoms with E-state index in [2.05, 4.69) is 62.5 Å². The van der Waals surface area contributed by atoms with Crippen LogP contribution >= 0.6 is 15.9 Å². The number of aromatic nitrogens is 2. The lowest BCUT2D eigenvalue weighted by molar-refractivity contribution is 0.0365. The summed E-state index contributed by atoms with van der Waals surface area (Å²) in [7, 11) is 0. The van der Waals surface area contributed by atoms with Crippen molar-refractivity contribution in [2.24, 2.45) is 5.16 Å². The first kappa shape index (κ1) is 20.6. The molecule has 3 N–H and O–H groups in total. The lowest BCUT2D eigenvalue weighted by Gasteiger charge is -2.27. The maximum atomic E-state index is 10.2. The second-order valence-electron chi connectivity index (χ2n) is 7.44. The zero-order valence-corrected chi connectivity index (χ0v) is 17.8. The average Bonchev–Trinajstić information content (AvgIpc) is 3.27. The normalized spacial score (nSPS) is 13.8. The molecule has 7 nitrogen and oxygen atoms in total. The van der Waals surface area contributed by atoms with E-state index >= 15 is 0 Å². The lowest BCUT2D eigenvalue weighted by atomic mass is 9.94. The first-order chi connectivity index (χ1) is 13.3. The second-order valence-corrected chi connectivity index (χ2v) is 8.25. The highest BCUT2D eigenvalue weighted by molar-refractivity contribution is 9.10. The Morgan fingerprint density at radius 2 is 2.21 bits per heavy atom.